The monoisotopic (exact) mass is 337 g/mol. The minimum absolute atomic E-state index is 0.233. The number of benzene rings is 1. The van der Waals surface area contributed by atoms with Gasteiger partial charge in [-0.1, -0.05) is 11.6 Å². The van der Waals surface area contributed by atoms with Gasteiger partial charge in [0.2, 0.25) is 0 Å². The van der Waals surface area contributed by atoms with Crippen LogP contribution in [0.15, 0.2) is 18.2 Å². The van der Waals surface area contributed by atoms with E-state index in [1.807, 2.05) is 12.1 Å². The zero-order valence-electron chi connectivity index (χ0n) is 13.3. The molecule has 0 aliphatic carbocycles. The number of aryl methyl sites for hydroxylation is 1. The van der Waals surface area contributed by atoms with Crippen molar-refractivity contribution in [3.63, 3.8) is 0 Å². The van der Waals surface area contributed by atoms with Gasteiger partial charge in [-0.25, -0.2) is 4.79 Å². The summed E-state index contributed by atoms with van der Waals surface area (Å²) in [5.74, 6) is -0.631. The van der Waals surface area contributed by atoms with Crippen LogP contribution in [0.2, 0.25) is 5.02 Å². The predicted molar refractivity (Wildman–Crippen MR) is 88.8 cm³/mol. The second kappa shape index (κ2) is 8.02. The molecular weight excluding hydrogens is 318 g/mol. The van der Waals surface area contributed by atoms with Gasteiger partial charge in [-0.2, -0.15) is 0 Å². The molecular formula is C17H20ClNO4. The van der Waals surface area contributed by atoms with Crippen molar-refractivity contribution in [3.8, 4) is 0 Å². The van der Waals surface area contributed by atoms with Gasteiger partial charge in [0, 0.05) is 22.3 Å². The van der Waals surface area contributed by atoms with Crippen LogP contribution in [0.1, 0.15) is 42.7 Å². The molecule has 6 heteroatoms. The number of hydrogen-bond donors (Lipinski definition) is 1. The summed E-state index contributed by atoms with van der Waals surface area (Å²) in [7, 11) is 0. The molecule has 0 aliphatic heterocycles. The number of fused-ring (bicyclic) bond motifs is 1. The van der Waals surface area contributed by atoms with Crippen molar-refractivity contribution in [2.75, 3.05) is 13.2 Å². The fraction of sp³-hybridized carbons (Fsp3) is 0.412. The Kier molecular flexibility index (Phi) is 6.04. The SMILES string of the molecule is CCOC(=O)CCCc1c(C(=O)OCC)[nH]c2ccc(Cl)cc12. The van der Waals surface area contributed by atoms with E-state index in [-0.39, 0.29) is 5.97 Å². The molecule has 0 aliphatic rings. The third kappa shape index (κ3) is 4.26. The summed E-state index contributed by atoms with van der Waals surface area (Å²) in [5, 5.41) is 1.47. The van der Waals surface area contributed by atoms with Crippen molar-refractivity contribution in [3.05, 3.63) is 34.5 Å². The number of hydrogen-bond acceptors (Lipinski definition) is 4. The van der Waals surface area contributed by atoms with Crippen molar-refractivity contribution in [2.45, 2.75) is 33.1 Å². The topological polar surface area (TPSA) is 68.4 Å². The van der Waals surface area contributed by atoms with E-state index in [0.717, 1.165) is 16.5 Å². The van der Waals surface area contributed by atoms with E-state index in [9.17, 15) is 9.59 Å². The van der Waals surface area contributed by atoms with Crippen molar-refractivity contribution < 1.29 is 19.1 Å². The van der Waals surface area contributed by atoms with E-state index in [2.05, 4.69) is 4.98 Å². The zero-order chi connectivity index (χ0) is 16.8. The Balaban J connectivity index is 2.26. The Morgan fingerprint density at radius 1 is 1.17 bits per heavy atom. The molecule has 0 spiro atoms. The van der Waals surface area contributed by atoms with Crippen molar-refractivity contribution in [2.24, 2.45) is 0 Å². The highest BCUT2D eigenvalue weighted by Crippen LogP contribution is 2.27. The zero-order valence-corrected chi connectivity index (χ0v) is 14.0. The first kappa shape index (κ1) is 17.3. The largest absolute Gasteiger partial charge is 0.466 e. The molecule has 1 aromatic heterocycles. The highest BCUT2D eigenvalue weighted by molar-refractivity contribution is 6.31. The van der Waals surface area contributed by atoms with Gasteiger partial charge in [-0.15, -0.1) is 0 Å². The van der Waals surface area contributed by atoms with Crippen LogP contribution in [0.4, 0.5) is 0 Å². The van der Waals surface area contributed by atoms with Gasteiger partial charge in [-0.05, 0) is 50.5 Å². The third-order valence-corrected chi connectivity index (χ3v) is 3.70. The number of carbonyl (C=O) groups excluding carboxylic acids is 2. The van der Waals surface area contributed by atoms with Crippen LogP contribution in [0, 0.1) is 0 Å². The van der Waals surface area contributed by atoms with Crippen LogP contribution in [0.5, 0.6) is 0 Å². The van der Waals surface area contributed by atoms with E-state index >= 15 is 0 Å². The molecule has 0 saturated carbocycles. The Morgan fingerprint density at radius 3 is 2.61 bits per heavy atom. The molecule has 0 amide bonds. The fourth-order valence-corrected chi connectivity index (χ4v) is 2.67. The quantitative estimate of drug-likeness (QED) is 0.778. The maximum atomic E-state index is 12.1. The highest BCUT2D eigenvalue weighted by atomic mass is 35.5. The minimum Gasteiger partial charge on any atom is -0.466 e. The van der Waals surface area contributed by atoms with Crippen LogP contribution in [-0.2, 0) is 20.7 Å². The lowest BCUT2D eigenvalue weighted by molar-refractivity contribution is -0.143. The average Bonchev–Trinajstić information content (AvgIpc) is 2.86. The standard InChI is InChI=1S/C17H20ClNO4/c1-3-22-15(20)7-5-6-12-13-10-11(18)8-9-14(13)19-16(12)17(21)23-4-2/h8-10,19H,3-7H2,1-2H3. The molecule has 0 unspecified atom stereocenters. The summed E-state index contributed by atoms with van der Waals surface area (Å²) in [6, 6.07) is 5.41. The average molecular weight is 338 g/mol. The van der Waals surface area contributed by atoms with Crippen LogP contribution in [0.25, 0.3) is 10.9 Å². The molecule has 0 atom stereocenters. The number of rotatable bonds is 7. The number of aromatic amines is 1. The molecule has 2 rings (SSSR count). The molecule has 1 N–H and O–H groups in total. The van der Waals surface area contributed by atoms with E-state index in [1.54, 1.807) is 19.9 Å². The Bertz CT molecular complexity index is 708. The lowest BCUT2D eigenvalue weighted by Crippen LogP contribution is -2.09. The molecule has 0 saturated heterocycles. The molecule has 23 heavy (non-hydrogen) atoms. The molecule has 0 radical (unpaired) electrons. The lowest BCUT2D eigenvalue weighted by Gasteiger charge is -2.05. The Labute approximate surface area is 139 Å². The number of ether oxygens (including phenoxy) is 2. The van der Waals surface area contributed by atoms with Crippen molar-refractivity contribution in [1.82, 2.24) is 4.98 Å². The number of H-pyrrole nitrogens is 1. The van der Waals surface area contributed by atoms with Crippen molar-refractivity contribution >= 4 is 34.4 Å². The van der Waals surface area contributed by atoms with Crippen molar-refractivity contribution in [1.29, 1.82) is 0 Å². The smallest absolute Gasteiger partial charge is 0.355 e. The minimum atomic E-state index is -0.397. The van der Waals surface area contributed by atoms with Crippen LogP contribution >= 0.6 is 11.6 Å². The van der Waals surface area contributed by atoms with E-state index in [1.165, 1.54) is 0 Å². The summed E-state index contributed by atoms with van der Waals surface area (Å²) in [6.45, 7) is 4.21. The third-order valence-electron chi connectivity index (χ3n) is 3.46. The lowest BCUT2D eigenvalue weighted by atomic mass is 10.0. The van der Waals surface area contributed by atoms with Gasteiger partial charge in [-0.3, -0.25) is 4.79 Å². The predicted octanol–water partition coefficient (Wildman–Crippen LogP) is 3.88. The number of nitrogens with one attached hydrogen (secondary N) is 1. The maximum absolute atomic E-state index is 12.1. The second-order valence-electron chi connectivity index (χ2n) is 5.05. The van der Waals surface area contributed by atoms with E-state index < -0.39 is 5.97 Å². The second-order valence-corrected chi connectivity index (χ2v) is 5.48. The number of aromatic nitrogens is 1. The van der Waals surface area contributed by atoms with Gasteiger partial charge in [0.1, 0.15) is 5.69 Å². The molecule has 1 heterocycles. The summed E-state index contributed by atoms with van der Waals surface area (Å²) in [4.78, 5) is 26.7. The fourth-order valence-electron chi connectivity index (χ4n) is 2.50. The number of carbonyl (C=O) groups is 2. The summed E-state index contributed by atoms with van der Waals surface area (Å²) >= 11 is 6.06. The van der Waals surface area contributed by atoms with Gasteiger partial charge in [0.15, 0.2) is 0 Å². The number of esters is 2. The summed E-state index contributed by atoms with van der Waals surface area (Å²) in [5.41, 5.74) is 2.07. The van der Waals surface area contributed by atoms with E-state index in [4.69, 9.17) is 21.1 Å². The molecule has 124 valence electrons. The van der Waals surface area contributed by atoms with E-state index in [0.29, 0.717) is 43.2 Å². The summed E-state index contributed by atoms with van der Waals surface area (Å²) < 4.78 is 10.0. The molecule has 2 aromatic rings. The first-order valence-corrected chi connectivity index (χ1v) is 8.07. The molecule has 1 aromatic carbocycles. The van der Waals surface area contributed by atoms with Crippen LogP contribution in [-0.4, -0.2) is 30.1 Å². The number of halogens is 1. The maximum Gasteiger partial charge on any atom is 0.355 e. The Hall–Kier alpha value is -2.01. The first-order chi connectivity index (χ1) is 11.1. The summed E-state index contributed by atoms with van der Waals surface area (Å²) in [6.07, 6.45) is 1.46. The molecule has 5 nitrogen and oxygen atoms in total. The Morgan fingerprint density at radius 2 is 1.91 bits per heavy atom. The van der Waals surface area contributed by atoms with Gasteiger partial charge in [0.25, 0.3) is 0 Å². The van der Waals surface area contributed by atoms with Gasteiger partial charge >= 0.3 is 11.9 Å². The molecule has 0 fully saturated rings. The van der Waals surface area contributed by atoms with Gasteiger partial charge in [0.05, 0.1) is 13.2 Å². The van der Waals surface area contributed by atoms with Gasteiger partial charge < -0.3 is 14.5 Å². The molecule has 0 bridgehead atoms. The first-order valence-electron chi connectivity index (χ1n) is 7.69. The normalized spacial score (nSPS) is 10.7. The highest BCUT2D eigenvalue weighted by Gasteiger charge is 2.19. The van der Waals surface area contributed by atoms with Crippen LogP contribution < -0.4 is 0 Å². The van der Waals surface area contributed by atoms with Crippen LogP contribution in [0.3, 0.4) is 0 Å².